The summed E-state index contributed by atoms with van der Waals surface area (Å²) in [5.74, 6) is -0.768. The predicted octanol–water partition coefficient (Wildman–Crippen LogP) is 4.30. The number of nitrogens with one attached hydrogen (secondary N) is 1. The molecular formula is C28H24N6O4. The minimum atomic E-state index is -1.20. The Bertz CT molecular complexity index is 1720. The van der Waals surface area contributed by atoms with Gasteiger partial charge in [-0.25, -0.2) is 14.8 Å². The summed E-state index contributed by atoms with van der Waals surface area (Å²) >= 11 is 0. The molecule has 10 nitrogen and oxygen atoms in total. The number of anilines is 2. The molecular weight excluding hydrogens is 484 g/mol. The molecule has 1 atom stereocenters. The smallest absolute Gasteiger partial charge is 0.341 e. The Morgan fingerprint density at radius 1 is 1.08 bits per heavy atom. The van der Waals surface area contributed by atoms with Crippen molar-refractivity contribution in [2.45, 2.75) is 13.0 Å². The van der Waals surface area contributed by atoms with Gasteiger partial charge in [-0.2, -0.15) is 4.98 Å². The lowest BCUT2D eigenvalue weighted by Gasteiger charge is -2.22. The van der Waals surface area contributed by atoms with E-state index in [1.807, 2.05) is 67.6 Å². The number of carboxylic acids is 1. The van der Waals surface area contributed by atoms with Crippen molar-refractivity contribution in [2.75, 3.05) is 18.2 Å². The van der Waals surface area contributed by atoms with Crippen molar-refractivity contribution in [3.8, 4) is 22.7 Å². The van der Waals surface area contributed by atoms with Crippen LogP contribution >= 0.6 is 0 Å². The van der Waals surface area contributed by atoms with E-state index in [0.717, 1.165) is 22.7 Å². The number of benzene rings is 2. The van der Waals surface area contributed by atoms with Crippen LogP contribution in [0, 0.1) is 0 Å². The van der Waals surface area contributed by atoms with Gasteiger partial charge >= 0.3 is 5.97 Å². The second-order valence-electron chi connectivity index (χ2n) is 8.56. The third-order valence-corrected chi connectivity index (χ3v) is 6.18. The first-order chi connectivity index (χ1) is 18.4. The van der Waals surface area contributed by atoms with Gasteiger partial charge in [0.25, 0.3) is 5.56 Å². The number of methoxy groups -OCH3 is 1. The highest BCUT2D eigenvalue weighted by molar-refractivity contribution is 5.97. The highest BCUT2D eigenvalue weighted by Crippen LogP contribution is 2.31. The van der Waals surface area contributed by atoms with Crippen molar-refractivity contribution in [1.82, 2.24) is 19.5 Å². The Morgan fingerprint density at radius 2 is 1.87 bits per heavy atom. The van der Waals surface area contributed by atoms with Gasteiger partial charge in [-0.15, -0.1) is 0 Å². The monoisotopic (exact) mass is 508 g/mol. The molecule has 0 amide bonds. The molecule has 0 saturated heterocycles. The number of nitrogens with zero attached hydrogens (tertiary/aromatic N) is 4. The van der Waals surface area contributed by atoms with Crippen LogP contribution in [0.5, 0.6) is 5.88 Å². The van der Waals surface area contributed by atoms with E-state index >= 15 is 0 Å². The standard InChI is InChI=1S/C28H24N6O4/c1-16(32-25-21(27(36)37)15-31-28(29)33-25)22-13-18-7-6-10-20(17-11-12-30-23(14-17)38-2)24(18)26(35)34(22)19-8-4-3-5-9-19/h3-16H,1-2H3,(H,36,37)(H3,29,31,32,33)/t16-/m0/s1. The third kappa shape index (κ3) is 4.50. The summed E-state index contributed by atoms with van der Waals surface area (Å²) < 4.78 is 6.91. The van der Waals surface area contributed by atoms with E-state index in [2.05, 4.69) is 20.3 Å². The van der Waals surface area contributed by atoms with Crippen LogP contribution < -0.4 is 21.3 Å². The maximum atomic E-state index is 14.2. The van der Waals surface area contributed by atoms with Crippen LogP contribution in [0.4, 0.5) is 11.8 Å². The van der Waals surface area contributed by atoms with Gasteiger partial charge in [0.1, 0.15) is 11.4 Å². The highest BCUT2D eigenvalue weighted by atomic mass is 16.5. The summed E-state index contributed by atoms with van der Waals surface area (Å²) in [6.07, 6.45) is 2.79. The summed E-state index contributed by atoms with van der Waals surface area (Å²) in [4.78, 5) is 38.0. The number of aromatic carboxylic acids is 1. The summed E-state index contributed by atoms with van der Waals surface area (Å²) in [6, 6.07) is 19.9. The normalized spacial score (nSPS) is 11.7. The van der Waals surface area contributed by atoms with Crippen molar-refractivity contribution >= 4 is 28.5 Å². The molecule has 3 aromatic heterocycles. The molecule has 2 aromatic carbocycles. The van der Waals surface area contributed by atoms with Gasteiger partial charge in [-0.1, -0.05) is 36.4 Å². The first-order valence-corrected chi connectivity index (χ1v) is 11.7. The van der Waals surface area contributed by atoms with E-state index in [-0.39, 0.29) is 22.9 Å². The number of hydrogen-bond donors (Lipinski definition) is 3. The van der Waals surface area contributed by atoms with E-state index in [1.165, 1.54) is 0 Å². The lowest BCUT2D eigenvalue weighted by Crippen LogP contribution is -2.26. The van der Waals surface area contributed by atoms with E-state index in [9.17, 15) is 14.7 Å². The van der Waals surface area contributed by atoms with E-state index < -0.39 is 12.0 Å². The maximum Gasteiger partial charge on any atom is 0.341 e. The van der Waals surface area contributed by atoms with E-state index in [4.69, 9.17) is 10.5 Å². The molecule has 0 unspecified atom stereocenters. The fourth-order valence-electron chi connectivity index (χ4n) is 4.41. The maximum absolute atomic E-state index is 14.2. The van der Waals surface area contributed by atoms with Crippen molar-refractivity contribution < 1.29 is 14.6 Å². The molecule has 0 fully saturated rings. The third-order valence-electron chi connectivity index (χ3n) is 6.18. The first kappa shape index (κ1) is 24.4. The Balaban J connectivity index is 1.74. The summed E-state index contributed by atoms with van der Waals surface area (Å²) in [6.45, 7) is 1.82. The molecule has 3 heterocycles. The number of carboxylic acid groups (broad SMARTS) is 1. The molecule has 190 valence electrons. The molecule has 0 spiro atoms. The largest absolute Gasteiger partial charge is 0.481 e. The number of nitrogens with two attached hydrogens (primary N) is 1. The van der Waals surface area contributed by atoms with Gasteiger partial charge in [0, 0.05) is 29.8 Å². The van der Waals surface area contributed by atoms with Crippen molar-refractivity contribution in [3.63, 3.8) is 0 Å². The lowest BCUT2D eigenvalue weighted by molar-refractivity contribution is 0.0697. The van der Waals surface area contributed by atoms with Crippen molar-refractivity contribution in [1.29, 1.82) is 0 Å². The van der Waals surface area contributed by atoms with Crippen LogP contribution in [0.3, 0.4) is 0 Å². The number of fused-ring (bicyclic) bond motifs is 1. The fourth-order valence-corrected chi connectivity index (χ4v) is 4.41. The number of rotatable bonds is 7. The van der Waals surface area contributed by atoms with Gasteiger partial charge in [0.2, 0.25) is 11.8 Å². The molecule has 0 bridgehead atoms. The number of ether oxygens (including phenoxy) is 1. The molecule has 0 aliphatic carbocycles. The molecule has 0 aliphatic heterocycles. The number of nitrogen functional groups attached to an aromatic ring is 1. The van der Waals surface area contributed by atoms with Crippen LogP contribution in [-0.2, 0) is 0 Å². The molecule has 4 N–H and O–H groups in total. The Hall–Kier alpha value is -5.25. The minimum absolute atomic E-state index is 0.0577. The molecule has 0 aliphatic rings. The van der Waals surface area contributed by atoms with Crippen LogP contribution in [0.15, 0.2) is 83.9 Å². The number of pyridine rings is 2. The topological polar surface area (TPSA) is 145 Å². The van der Waals surface area contributed by atoms with Crippen LogP contribution in [-0.4, -0.2) is 37.7 Å². The second-order valence-corrected chi connectivity index (χ2v) is 8.56. The van der Waals surface area contributed by atoms with Gasteiger partial charge in [0.05, 0.1) is 18.5 Å². The molecule has 0 saturated carbocycles. The molecule has 5 aromatic rings. The Labute approximate surface area is 217 Å². The lowest BCUT2D eigenvalue weighted by atomic mass is 9.98. The van der Waals surface area contributed by atoms with Crippen LogP contribution in [0.2, 0.25) is 0 Å². The SMILES string of the molecule is COc1cc(-c2cccc3cc([C@H](C)Nc4nc(N)ncc4C(=O)O)n(-c4ccccc4)c(=O)c23)ccn1. The molecule has 0 radical (unpaired) electrons. The van der Waals surface area contributed by atoms with Crippen LogP contribution in [0.1, 0.15) is 29.0 Å². The Morgan fingerprint density at radius 3 is 2.61 bits per heavy atom. The number of hydrogen-bond acceptors (Lipinski definition) is 8. The zero-order valence-corrected chi connectivity index (χ0v) is 20.6. The molecule has 10 heteroatoms. The number of para-hydroxylation sites is 1. The summed E-state index contributed by atoms with van der Waals surface area (Å²) in [7, 11) is 1.54. The summed E-state index contributed by atoms with van der Waals surface area (Å²) in [5, 5.41) is 14.0. The zero-order chi connectivity index (χ0) is 26.8. The molecule has 5 rings (SSSR count). The van der Waals surface area contributed by atoms with Gasteiger partial charge in [-0.05, 0) is 47.7 Å². The van der Waals surface area contributed by atoms with Crippen molar-refractivity contribution in [3.05, 3.63) is 101 Å². The van der Waals surface area contributed by atoms with Gasteiger partial charge < -0.3 is 20.9 Å². The average Bonchev–Trinajstić information content (AvgIpc) is 2.93. The number of aromatic nitrogens is 4. The fraction of sp³-hybridized carbons (Fsp3) is 0.107. The highest BCUT2D eigenvalue weighted by Gasteiger charge is 2.21. The van der Waals surface area contributed by atoms with Crippen molar-refractivity contribution in [2.24, 2.45) is 0 Å². The van der Waals surface area contributed by atoms with E-state index in [1.54, 1.807) is 23.9 Å². The second kappa shape index (κ2) is 10.0. The molecule has 38 heavy (non-hydrogen) atoms. The van der Waals surface area contributed by atoms with Gasteiger partial charge in [0.15, 0.2) is 0 Å². The van der Waals surface area contributed by atoms with E-state index in [0.29, 0.717) is 22.6 Å². The number of carbonyl (C=O) groups is 1. The predicted molar refractivity (Wildman–Crippen MR) is 145 cm³/mol. The van der Waals surface area contributed by atoms with Gasteiger partial charge in [-0.3, -0.25) is 9.36 Å². The van der Waals surface area contributed by atoms with Crippen LogP contribution in [0.25, 0.3) is 27.6 Å². The Kier molecular flexibility index (Phi) is 6.44. The average molecular weight is 509 g/mol. The summed E-state index contributed by atoms with van der Waals surface area (Å²) in [5.41, 5.74) is 8.16. The first-order valence-electron chi connectivity index (χ1n) is 11.7. The quantitative estimate of drug-likeness (QED) is 0.293. The minimum Gasteiger partial charge on any atom is -0.481 e. The zero-order valence-electron chi connectivity index (χ0n) is 20.6.